The van der Waals surface area contributed by atoms with E-state index in [1.807, 2.05) is 6.92 Å². The van der Waals surface area contributed by atoms with Gasteiger partial charge in [-0.3, -0.25) is 25.2 Å². The number of hydrogen-bond donors (Lipinski definition) is 4. The number of para-hydroxylation sites is 1. The van der Waals surface area contributed by atoms with Crippen molar-refractivity contribution in [2.45, 2.75) is 6.92 Å². The molecule has 0 aliphatic heterocycles. The van der Waals surface area contributed by atoms with Crippen molar-refractivity contribution in [1.29, 1.82) is 0 Å². The van der Waals surface area contributed by atoms with Crippen molar-refractivity contribution in [2.24, 2.45) is 0 Å². The Morgan fingerprint density at radius 3 is 2.60 bits per heavy atom. The molecule has 0 bridgehead atoms. The number of amides is 3. The Morgan fingerprint density at radius 2 is 1.92 bits per heavy atom. The van der Waals surface area contributed by atoms with Crippen LogP contribution < -0.4 is 20.9 Å². The minimum absolute atomic E-state index is 0.279. The van der Waals surface area contributed by atoms with Crippen LogP contribution in [-0.2, 0) is 4.79 Å². The van der Waals surface area contributed by atoms with Crippen LogP contribution in [-0.4, -0.2) is 35.9 Å². The number of ether oxygens (including phenoxy) is 1. The van der Waals surface area contributed by atoms with E-state index in [4.69, 9.17) is 4.74 Å². The minimum atomic E-state index is -0.568. The lowest BCUT2D eigenvalue weighted by atomic mass is 10.2. The van der Waals surface area contributed by atoms with Gasteiger partial charge in [0.15, 0.2) is 0 Å². The number of carbonyl (C=O) groups excluding carboxylic acids is 3. The van der Waals surface area contributed by atoms with Crippen LogP contribution in [0.5, 0.6) is 5.75 Å². The Bertz CT molecular complexity index is 775. The van der Waals surface area contributed by atoms with Gasteiger partial charge in [-0.2, -0.15) is 0 Å². The van der Waals surface area contributed by atoms with Gasteiger partial charge in [-0.25, -0.2) is 0 Å². The highest BCUT2D eigenvalue weighted by Gasteiger charge is 2.14. The smallest absolute Gasteiger partial charge is 0.286 e. The number of aromatic nitrogens is 1. The number of hydrogen-bond acceptors (Lipinski definition) is 4. The van der Waals surface area contributed by atoms with Crippen LogP contribution in [0.2, 0.25) is 0 Å². The van der Waals surface area contributed by atoms with Crippen LogP contribution in [0, 0.1) is 0 Å². The second-order valence-electron chi connectivity index (χ2n) is 4.85. The zero-order chi connectivity index (χ0) is 18.2. The topological polar surface area (TPSA) is 112 Å². The first-order valence-corrected chi connectivity index (χ1v) is 8.23. The lowest BCUT2D eigenvalue weighted by molar-refractivity contribution is -0.120. The maximum atomic E-state index is 12.1. The maximum Gasteiger partial charge on any atom is 0.286 e. The standard InChI is InChI=1S/C16H17BrN4O4/c1-2-25-13-6-4-3-5-11(13)15(23)19-9-14(22)20-21-16(24)12-7-10(17)8-18-12/h3-8,18H,2,9H2,1H3,(H,19,23)(H,20,22)(H,21,24). The first-order chi connectivity index (χ1) is 12.0. The molecule has 0 aliphatic rings. The van der Waals surface area contributed by atoms with Crippen molar-refractivity contribution >= 4 is 33.7 Å². The summed E-state index contributed by atoms with van der Waals surface area (Å²) in [5.74, 6) is -1.08. The Morgan fingerprint density at radius 1 is 1.16 bits per heavy atom. The molecule has 4 N–H and O–H groups in total. The number of carbonyl (C=O) groups is 3. The third kappa shape index (κ3) is 5.35. The van der Waals surface area contributed by atoms with E-state index in [9.17, 15) is 14.4 Å². The molecule has 1 aromatic heterocycles. The van der Waals surface area contributed by atoms with E-state index in [0.717, 1.165) is 0 Å². The summed E-state index contributed by atoms with van der Waals surface area (Å²) in [6, 6.07) is 8.29. The maximum absolute atomic E-state index is 12.1. The van der Waals surface area contributed by atoms with Gasteiger partial charge in [0.25, 0.3) is 17.7 Å². The lowest BCUT2D eigenvalue weighted by Crippen LogP contribution is -2.46. The third-order valence-corrected chi connectivity index (χ3v) is 3.51. The summed E-state index contributed by atoms with van der Waals surface area (Å²) in [6.07, 6.45) is 1.59. The molecule has 9 heteroatoms. The highest BCUT2D eigenvalue weighted by atomic mass is 79.9. The highest BCUT2D eigenvalue weighted by molar-refractivity contribution is 9.10. The van der Waals surface area contributed by atoms with E-state index in [1.165, 1.54) is 0 Å². The second kappa shape index (κ2) is 8.88. The molecule has 1 heterocycles. The second-order valence-corrected chi connectivity index (χ2v) is 5.76. The Balaban J connectivity index is 1.81. The minimum Gasteiger partial charge on any atom is -0.493 e. The van der Waals surface area contributed by atoms with Gasteiger partial charge in [-0.15, -0.1) is 0 Å². The quantitative estimate of drug-likeness (QED) is 0.540. The summed E-state index contributed by atoms with van der Waals surface area (Å²) in [6.45, 7) is 1.94. The Kier molecular flexibility index (Phi) is 6.58. The normalized spacial score (nSPS) is 10.0. The van der Waals surface area contributed by atoms with Gasteiger partial charge < -0.3 is 15.0 Å². The van der Waals surface area contributed by atoms with Crippen molar-refractivity contribution in [3.05, 3.63) is 52.3 Å². The molecule has 8 nitrogen and oxygen atoms in total. The van der Waals surface area contributed by atoms with Gasteiger partial charge in [0.1, 0.15) is 11.4 Å². The van der Waals surface area contributed by atoms with Crippen LogP contribution in [0.4, 0.5) is 0 Å². The summed E-state index contributed by atoms with van der Waals surface area (Å²) in [7, 11) is 0. The molecule has 1 aromatic carbocycles. The number of halogens is 1. The fraction of sp³-hybridized carbons (Fsp3) is 0.188. The first-order valence-electron chi connectivity index (χ1n) is 7.44. The van der Waals surface area contributed by atoms with Gasteiger partial charge >= 0.3 is 0 Å². The average molecular weight is 409 g/mol. The van der Waals surface area contributed by atoms with Crippen molar-refractivity contribution in [3.8, 4) is 5.75 Å². The molecule has 0 atom stereocenters. The van der Waals surface area contributed by atoms with Crippen molar-refractivity contribution in [3.63, 3.8) is 0 Å². The summed E-state index contributed by atoms with van der Waals surface area (Å²) in [5.41, 5.74) is 5.07. The fourth-order valence-corrected chi connectivity index (χ4v) is 2.27. The summed E-state index contributed by atoms with van der Waals surface area (Å²) in [5, 5.41) is 2.47. The van der Waals surface area contributed by atoms with Gasteiger partial charge in [0.05, 0.1) is 18.7 Å². The zero-order valence-electron chi connectivity index (χ0n) is 13.4. The van der Waals surface area contributed by atoms with Gasteiger partial charge in [-0.1, -0.05) is 12.1 Å². The molecule has 0 unspecified atom stereocenters. The zero-order valence-corrected chi connectivity index (χ0v) is 15.0. The number of rotatable bonds is 6. The largest absolute Gasteiger partial charge is 0.493 e. The number of benzene rings is 1. The van der Waals surface area contributed by atoms with Crippen LogP contribution >= 0.6 is 15.9 Å². The number of H-pyrrole nitrogens is 1. The molecular weight excluding hydrogens is 392 g/mol. The predicted molar refractivity (Wildman–Crippen MR) is 94.0 cm³/mol. The molecule has 0 saturated carbocycles. The van der Waals surface area contributed by atoms with Crippen molar-refractivity contribution in [1.82, 2.24) is 21.2 Å². The molecule has 3 amide bonds. The molecule has 0 saturated heterocycles. The summed E-state index contributed by atoms with van der Waals surface area (Å²) < 4.78 is 6.08. The van der Waals surface area contributed by atoms with Gasteiger partial charge in [0.2, 0.25) is 0 Å². The van der Waals surface area contributed by atoms with Crippen LogP contribution in [0.25, 0.3) is 0 Å². The predicted octanol–water partition coefficient (Wildman–Crippen LogP) is 1.37. The van der Waals surface area contributed by atoms with Crippen LogP contribution in [0.1, 0.15) is 27.8 Å². The van der Waals surface area contributed by atoms with E-state index in [2.05, 4.69) is 37.1 Å². The number of nitrogens with one attached hydrogen (secondary N) is 4. The van der Waals surface area contributed by atoms with E-state index >= 15 is 0 Å². The molecule has 0 aliphatic carbocycles. The first kappa shape index (κ1) is 18.5. The molecule has 2 aromatic rings. The van der Waals surface area contributed by atoms with Crippen LogP contribution in [0.15, 0.2) is 41.0 Å². The molecular formula is C16H17BrN4O4. The number of hydrazine groups is 1. The summed E-state index contributed by atoms with van der Waals surface area (Å²) >= 11 is 3.20. The lowest BCUT2D eigenvalue weighted by Gasteiger charge is -2.11. The SMILES string of the molecule is CCOc1ccccc1C(=O)NCC(=O)NNC(=O)c1cc(Br)c[nH]1. The Labute approximate surface area is 152 Å². The van der Waals surface area contributed by atoms with E-state index in [-0.39, 0.29) is 12.2 Å². The van der Waals surface area contributed by atoms with E-state index < -0.39 is 17.7 Å². The van der Waals surface area contributed by atoms with Crippen molar-refractivity contribution in [2.75, 3.05) is 13.2 Å². The fourth-order valence-electron chi connectivity index (χ4n) is 1.93. The van der Waals surface area contributed by atoms with Crippen molar-refractivity contribution < 1.29 is 19.1 Å². The Hall–Kier alpha value is -2.81. The molecule has 2 rings (SSSR count). The molecule has 0 radical (unpaired) electrons. The van der Waals surface area contributed by atoms with Gasteiger partial charge in [0, 0.05) is 10.7 Å². The molecule has 0 fully saturated rings. The monoisotopic (exact) mass is 408 g/mol. The molecule has 25 heavy (non-hydrogen) atoms. The van der Waals surface area contributed by atoms with Crippen LogP contribution in [0.3, 0.4) is 0 Å². The average Bonchev–Trinajstić information content (AvgIpc) is 3.05. The number of aromatic amines is 1. The van der Waals surface area contributed by atoms with E-state index in [1.54, 1.807) is 36.5 Å². The molecule has 0 spiro atoms. The summed E-state index contributed by atoms with van der Waals surface area (Å²) in [4.78, 5) is 38.4. The van der Waals surface area contributed by atoms with E-state index in [0.29, 0.717) is 22.4 Å². The highest BCUT2D eigenvalue weighted by Crippen LogP contribution is 2.17. The third-order valence-electron chi connectivity index (χ3n) is 3.05. The van der Waals surface area contributed by atoms with Gasteiger partial charge in [-0.05, 0) is 41.1 Å². The molecule has 132 valence electrons.